The van der Waals surface area contributed by atoms with Crippen molar-refractivity contribution in [2.45, 2.75) is 219 Å². The highest BCUT2D eigenvalue weighted by atomic mass is 28.4. The number of carbonyl (C=O) groups is 5. The van der Waals surface area contributed by atoms with Crippen molar-refractivity contribution in [3.63, 3.8) is 0 Å². The molecule has 4 rings (SSSR count). The number of esters is 1. The van der Waals surface area contributed by atoms with Crippen molar-refractivity contribution in [2.24, 2.45) is 35.5 Å². The van der Waals surface area contributed by atoms with E-state index in [4.69, 9.17) is 28.1 Å². The number of piperidine rings is 1. The lowest BCUT2D eigenvalue weighted by Gasteiger charge is -2.44. The van der Waals surface area contributed by atoms with Gasteiger partial charge in [-0.05, 0) is 125 Å². The molecule has 0 radical (unpaired) electrons. The molecule has 0 aromatic rings. The number of nitrogens with zero attached hydrogens (tertiary/aromatic N) is 1. The fraction of sp³-hybridized carbons (Fsp3) is 0.772. The Morgan fingerprint density at radius 2 is 1.54 bits per heavy atom. The molecule has 2 saturated heterocycles. The number of cyclic esters (lactones) is 1. The highest BCUT2D eigenvalue weighted by Crippen LogP contribution is 2.42. The average molecular weight is 1030 g/mol. The van der Waals surface area contributed by atoms with Gasteiger partial charge >= 0.3 is 5.97 Å². The van der Waals surface area contributed by atoms with Crippen LogP contribution >= 0.6 is 0 Å². The molecule has 15 heteroatoms. The lowest BCUT2D eigenvalue weighted by molar-refractivity contribution is -0.265. The maximum Gasteiger partial charge on any atom is 0.329 e. The van der Waals surface area contributed by atoms with E-state index in [1.807, 2.05) is 58.1 Å². The van der Waals surface area contributed by atoms with Crippen LogP contribution in [0.25, 0.3) is 0 Å². The highest BCUT2D eigenvalue weighted by molar-refractivity contribution is 6.74. The lowest BCUT2D eigenvalue weighted by atomic mass is 9.78. The Balaban J connectivity index is 1.70. The van der Waals surface area contributed by atoms with Crippen molar-refractivity contribution in [1.82, 2.24) is 4.90 Å². The summed E-state index contributed by atoms with van der Waals surface area (Å²) < 4.78 is 37.0. The number of hydrogen-bond donors (Lipinski definition) is 2. The van der Waals surface area contributed by atoms with E-state index in [2.05, 4.69) is 33.9 Å². The Morgan fingerprint density at radius 3 is 2.18 bits per heavy atom. The van der Waals surface area contributed by atoms with Crippen molar-refractivity contribution in [3.8, 4) is 0 Å². The van der Waals surface area contributed by atoms with Gasteiger partial charge < -0.3 is 43.2 Å². The zero-order valence-electron chi connectivity index (χ0n) is 46.6. The van der Waals surface area contributed by atoms with E-state index < -0.39 is 86.1 Å². The summed E-state index contributed by atoms with van der Waals surface area (Å²) in [4.78, 5) is 72.7. The molecule has 0 spiro atoms. The van der Waals surface area contributed by atoms with Gasteiger partial charge in [0.25, 0.3) is 11.7 Å². The number of allylic oxidation sites excluding steroid dienone is 6. The van der Waals surface area contributed by atoms with E-state index in [0.29, 0.717) is 50.5 Å². The van der Waals surface area contributed by atoms with Crippen molar-refractivity contribution in [1.29, 1.82) is 0 Å². The molecule has 3 heterocycles. The predicted octanol–water partition coefficient (Wildman–Crippen LogP) is 9.21. The van der Waals surface area contributed by atoms with Crippen LogP contribution in [0.4, 0.5) is 0 Å². The first kappa shape index (κ1) is 61.4. The Labute approximate surface area is 433 Å². The summed E-state index contributed by atoms with van der Waals surface area (Å²) in [6, 6.07) is -1.13. The smallest absolute Gasteiger partial charge is 0.329 e. The number of aliphatic hydroxyl groups is 2. The topological polar surface area (TPSA) is 184 Å². The summed E-state index contributed by atoms with van der Waals surface area (Å²) in [6.45, 7) is 24.1. The second kappa shape index (κ2) is 27.1. The number of amides is 1. The van der Waals surface area contributed by atoms with Crippen LogP contribution in [0.5, 0.6) is 0 Å². The summed E-state index contributed by atoms with van der Waals surface area (Å²) in [5, 5.41) is 23.6. The number of Topliss-reactive ketones (excluding diaryl/α,β-unsaturated/α-hetero) is 3. The van der Waals surface area contributed by atoms with E-state index in [1.165, 1.54) is 12.0 Å². The molecular weight excluding hydrogens is 935 g/mol. The van der Waals surface area contributed by atoms with Gasteiger partial charge in [-0.15, -0.1) is 0 Å². The van der Waals surface area contributed by atoms with Crippen LogP contribution in [0.1, 0.15) is 146 Å². The molecule has 4 aliphatic rings. The zero-order valence-corrected chi connectivity index (χ0v) is 47.6. The molecule has 0 aromatic carbocycles. The first-order valence-corrected chi connectivity index (χ1v) is 29.8. The summed E-state index contributed by atoms with van der Waals surface area (Å²) in [5.41, 5.74) is 1.29. The van der Waals surface area contributed by atoms with Crippen LogP contribution in [0.3, 0.4) is 0 Å². The number of rotatable bonds is 8. The van der Waals surface area contributed by atoms with E-state index in [0.717, 1.165) is 24.8 Å². The van der Waals surface area contributed by atoms with E-state index in [1.54, 1.807) is 41.1 Å². The Bertz CT molecular complexity index is 1970. The summed E-state index contributed by atoms with van der Waals surface area (Å²) in [7, 11) is 2.61. The van der Waals surface area contributed by atoms with Crippen LogP contribution in [0, 0.1) is 35.5 Å². The molecule has 0 aromatic heterocycles. The molecule has 3 fully saturated rings. The van der Waals surface area contributed by atoms with Crippen molar-refractivity contribution in [3.05, 3.63) is 47.6 Å². The van der Waals surface area contributed by atoms with Gasteiger partial charge in [0, 0.05) is 58.5 Å². The van der Waals surface area contributed by atoms with Gasteiger partial charge in [0.15, 0.2) is 14.1 Å². The second-order valence-corrected chi connectivity index (χ2v) is 28.2. The van der Waals surface area contributed by atoms with Crippen molar-refractivity contribution >= 4 is 37.5 Å². The number of ether oxygens (including phenoxy) is 5. The molecule has 72 heavy (non-hydrogen) atoms. The van der Waals surface area contributed by atoms with Gasteiger partial charge in [-0.2, -0.15) is 0 Å². The number of aliphatic hydroxyl groups excluding tert-OH is 1. The molecule has 3 aliphatic heterocycles. The number of ketones is 3. The molecule has 1 saturated carbocycles. The largest absolute Gasteiger partial charge is 0.460 e. The van der Waals surface area contributed by atoms with Crippen LogP contribution < -0.4 is 0 Å². The van der Waals surface area contributed by atoms with Gasteiger partial charge in [0.2, 0.25) is 5.79 Å². The summed E-state index contributed by atoms with van der Waals surface area (Å²) >= 11 is 0. The third-order valence-electron chi connectivity index (χ3n) is 16.7. The molecule has 15 atom stereocenters. The minimum absolute atomic E-state index is 0.0209. The third kappa shape index (κ3) is 15.9. The quantitative estimate of drug-likeness (QED) is 0.102. The normalized spacial score (nSPS) is 38.2. The molecule has 0 unspecified atom stereocenters. The molecule has 1 amide bonds. The maximum absolute atomic E-state index is 14.6. The Kier molecular flexibility index (Phi) is 23.1. The Morgan fingerprint density at radius 1 is 0.847 bits per heavy atom. The monoisotopic (exact) mass is 1030 g/mol. The summed E-state index contributed by atoms with van der Waals surface area (Å²) in [6.07, 6.45) is 12.7. The SMILES string of the molecule is CO[C@@H]1C[C@@H]2CC[C@@H](C)[C@@](O)(O2)C(=O)C(=O)N2CCCC[C@H]2C(=O)O[C@H]([C@H](C)C[C@@H]2CC[C@@H](O[Si](C)(C)C(C)(C)C)[C@H](OC)C2)CC(=O)[C@H](C)/C=C(\C)[C@@H](O)[C@@H](OC)C(=O)[C@H](C)C[C@H](C)/C=C/C=C/C=C/1C. The first-order chi connectivity index (χ1) is 33.7. The van der Waals surface area contributed by atoms with Crippen LogP contribution in [0.15, 0.2) is 47.6 Å². The molecule has 2 N–H and O–H groups in total. The van der Waals surface area contributed by atoms with Gasteiger partial charge in [0.1, 0.15) is 30.1 Å². The minimum Gasteiger partial charge on any atom is -0.460 e. The van der Waals surface area contributed by atoms with Gasteiger partial charge in [-0.25, -0.2) is 4.79 Å². The van der Waals surface area contributed by atoms with Crippen molar-refractivity contribution < 1.29 is 62.3 Å². The zero-order chi connectivity index (χ0) is 53.9. The fourth-order valence-corrected chi connectivity index (χ4v) is 12.2. The number of fused-ring (bicyclic) bond motifs is 3. The van der Waals surface area contributed by atoms with Crippen LogP contribution in [0.2, 0.25) is 18.1 Å². The van der Waals surface area contributed by atoms with E-state index in [-0.39, 0.29) is 66.0 Å². The highest BCUT2D eigenvalue weighted by Gasteiger charge is 2.53. The molecular formula is C57H93NO13Si. The number of hydrogen-bond acceptors (Lipinski definition) is 13. The molecule has 2 bridgehead atoms. The maximum atomic E-state index is 14.6. The minimum atomic E-state index is -2.43. The van der Waals surface area contributed by atoms with Crippen molar-refractivity contribution in [2.75, 3.05) is 27.9 Å². The third-order valence-corrected chi connectivity index (χ3v) is 21.2. The number of methoxy groups -OCH3 is 3. The van der Waals surface area contributed by atoms with Gasteiger partial charge in [-0.1, -0.05) is 91.8 Å². The van der Waals surface area contributed by atoms with E-state index in [9.17, 15) is 34.2 Å². The molecule has 14 nitrogen and oxygen atoms in total. The lowest BCUT2D eigenvalue weighted by Crippen LogP contribution is -2.61. The summed E-state index contributed by atoms with van der Waals surface area (Å²) in [5.74, 6) is -7.77. The Hall–Kier alpha value is -3.15. The average Bonchev–Trinajstić information content (AvgIpc) is 3.32. The number of carbonyl (C=O) groups excluding carboxylic acids is 5. The fourth-order valence-electron chi connectivity index (χ4n) is 10.8. The van der Waals surface area contributed by atoms with Gasteiger partial charge in [-0.3, -0.25) is 19.2 Å². The standard InChI is InChI=1S/C57H93NO13Si/c1-35-21-17-16-18-22-36(2)47(66-11)33-43-26-24-41(7)57(65,70-43)53(62)54(63)58-28-20-19-23-44(58)55(64)69-48(34-45(59)37(3)30-40(6)51(61)52(68-13)50(60)39(5)29-35)38(4)31-42-25-27-46(49(32-42)67-12)71-72(14,15)56(8,9)10/h16-18,21-22,30,35,37-39,41-44,46-49,51-52,61,65H,19-20,23-29,31-34H2,1-15H3/b18-16+,21-17+,36-22+,40-30+/t35-,37-,38-,39-,41-,42+,43+,44+,46-,47-,48+,49-,51-,52+,57-/m1/s1. The van der Waals surface area contributed by atoms with Gasteiger partial charge in [0.05, 0.1) is 24.4 Å². The van der Waals surface area contributed by atoms with Crippen LogP contribution in [-0.4, -0.2) is 135 Å². The van der Waals surface area contributed by atoms with Crippen LogP contribution in [-0.2, 0) is 52.1 Å². The molecule has 408 valence electrons. The second-order valence-electron chi connectivity index (χ2n) is 23.4. The predicted molar refractivity (Wildman–Crippen MR) is 281 cm³/mol. The van der Waals surface area contributed by atoms with E-state index >= 15 is 0 Å². The first-order valence-electron chi connectivity index (χ1n) is 26.9. The molecule has 1 aliphatic carbocycles.